The number of fused-ring (bicyclic) bond motifs is 1. The third-order valence-electron chi connectivity index (χ3n) is 3.30. The first kappa shape index (κ1) is 11.5. The zero-order chi connectivity index (χ0) is 12.4. The highest BCUT2D eigenvalue weighted by molar-refractivity contribution is 7.08. The molecule has 1 atom stereocenters. The van der Waals surface area contributed by atoms with Crippen molar-refractivity contribution in [3.05, 3.63) is 70.4 Å². The Balaban J connectivity index is 2.18. The molecule has 1 unspecified atom stereocenters. The number of rotatable bonds is 3. The fraction of sp³-hybridized carbons (Fsp3) is 0.125. The van der Waals surface area contributed by atoms with Crippen molar-refractivity contribution in [2.24, 2.45) is 0 Å². The van der Waals surface area contributed by atoms with E-state index >= 15 is 0 Å². The molecule has 0 saturated carbocycles. The molecule has 3 aromatic rings. The molecule has 1 N–H and O–H groups in total. The summed E-state index contributed by atoms with van der Waals surface area (Å²) in [5, 5.41) is 10.4. The second kappa shape index (κ2) is 4.92. The fourth-order valence-corrected chi connectivity index (χ4v) is 3.13. The molecular formula is C16H15NS. The van der Waals surface area contributed by atoms with Crippen LogP contribution in [0.25, 0.3) is 10.8 Å². The molecule has 0 aliphatic heterocycles. The van der Waals surface area contributed by atoms with E-state index in [4.69, 9.17) is 0 Å². The summed E-state index contributed by atoms with van der Waals surface area (Å²) < 4.78 is 0. The van der Waals surface area contributed by atoms with Crippen LogP contribution in [0, 0.1) is 0 Å². The summed E-state index contributed by atoms with van der Waals surface area (Å²) in [6.45, 7) is 0. The summed E-state index contributed by atoms with van der Waals surface area (Å²) in [4.78, 5) is 0. The number of hydrogen-bond donors (Lipinski definition) is 1. The molecule has 0 fully saturated rings. The van der Waals surface area contributed by atoms with Crippen molar-refractivity contribution in [3.8, 4) is 0 Å². The van der Waals surface area contributed by atoms with Gasteiger partial charge in [-0.3, -0.25) is 0 Å². The fourth-order valence-electron chi connectivity index (χ4n) is 2.44. The first-order chi connectivity index (χ1) is 8.90. The van der Waals surface area contributed by atoms with Crippen LogP contribution in [-0.2, 0) is 0 Å². The van der Waals surface area contributed by atoms with E-state index in [2.05, 4.69) is 64.6 Å². The summed E-state index contributed by atoms with van der Waals surface area (Å²) in [5.74, 6) is 0. The molecule has 2 aromatic carbocycles. The largest absolute Gasteiger partial charge is 0.309 e. The first-order valence-corrected chi connectivity index (χ1v) is 7.01. The normalized spacial score (nSPS) is 12.7. The molecule has 0 radical (unpaired) electrons. The number of benzene rings is 2. The minimum Gasteiger partial charge on any atom is -0.309 e. The quantitative estimate of drug-likeness (QED) is 0.737. The first-order valence-electron chi connectivity index (χ1n) is 6.07. The van der Waals surface area contributed by atoms with Gasteiger partial charge in [0.25, 0.3) is 0 Å². The maximum Gasteiger partial charge on any atom is 0.0588 e. The average Bonchev–Trinajstić information content (AvgIpc) is 2.94. The summed E-state index contributed by atoms with van der Waals surface area (Å²) in [5.41, 5.74) is 2.67. The van der Waals surface area contributed by atoms with E-state index in [1.54, 1.807) is 11.3 Å². The predicted molar refractivity (Wildman–Crippen MR) is 79.2 cm³/mol. The third kappa shape index (κ3) is 1.94. The van der Waals surface area contributed by atoms with E-state index < -0.39 is 0 Å². The average molecular weight is 253 g/mol. The zero-order valence-corrected chi connectivity index (χ0v) is 11.1. The Morgan fingerprint density at radius 3 is 2.61 bits per heavy atom. The molecule has 18 heavy (non-hydrogen) atoms. The molecule has 1 nitrogen and oxygen atoms in total. The van der Waals surface area contributed by atoms with Gasteiger partial charge in [-0.25, -0.2) is 0 Å². The standard InChI is InChI=1S/C16H15NS/c1-17-16(13-9-10-18-11-13)15-8-4-6-12-5-2-3-7-14(12)15/h2-11,16-17H,1H3. The van der Waals surface area contributed by atoms with Gasteiger partial charge in [-0.05, 0) is 45.8 Å². The minimum atomic E-state index is 0.266. The van der Waals surface area contributed by atoms with E-state index in [9.17, 15) is 0 Å². The lowest BCUT2D eigenvalue weighted by Crippen LogP contribution is -2.17. The topological polar surface area (TPSA) is 12.0 Å². The Bertz CT molecular complexity index is 638. The Morgan fingerprint density at radius 1 is 1.00 bits per heavy atom. The van der Waals surface area contributed by atoms with E-state index in [0.29, 0.717) is 0 Å². The highest BCUT2D eigenvalue weighted by atomic mass is 32.1. The summed E-state index contributed by atoms with van der Waals surface area (Å²) in [6.07, 6.45) is 0. The SMILES string of the molecule is CNC(c1ccsc1)c1cccc2ccccc12. The van der Waals surface area contributed by atoms with Gasteiger partial charge in [0.2, 0.25) is 0 Å². The van der Waals surface area contributed by atoms with Gasteiger partial charge < -0.3 is 5.32 Å². The number of thiophene rings is 1. The van der Waals surface area contributed by atoms with E-state index in [1.807, 2.05) is 7.05 Å². The van der Waals surface area contributed by atoms with Crippen molar-refractivity contribution in [1.29, 1.82) is 0 Å². The monoisotopic (exact) mass is 253 g/mol. The van der Waals surface area contributed by atoms with Crippen LogP contribution >= 0.6 is 11.3 Å². The van der Waals surface area contributed by atoms with Crippen LogP contribution in [0.1, 0.15) is 17.2 Å². The highest BCUT2D eigenvalue weighted by Gasteiger charge is 2.14. The van der Waals surface area contributed by atoms with Gasteiger partial charge in [-0.15, -0.1) is 0 Å². The van der Waals surface area contributed by atoms with Gasteiger partial charge in [-0.2, -0.15) is 11.3 Å². The van der Waals surface area contributed by atoms with Crippen molar-refractivity contribution in [2.45, 2.75) is 6.04 Å². The molecule has 0 spiro atoms. The molecule has 0 bridgehead atoms. The lowest BCUT2D eigenvalue weighted by Gasteiger charge is -2.17. The van der Waals surface area contributed by atoms with E-state index in [1.165, 1.54) is 21.9 Å². The van der Waals surface area contributed by atoms with Crippen molar-refractivity contribution in [1.82, 2.24) is 5.32 Å². The van der Waals surface area contributed by atoms with Crippen LogP contribution < -0.4 is 5.32 Å². The van der Waals surface area contributed by atoms with Crippen LogP contribution in [0.4, 0.5) is 0 Å². The molecule has 0 saturated heterocycles. The van der Waals surface area contributed by atoms with Gasteiger partial charge in [0.1, 0.15) is 0 Å². The second-order valence-electron chi connectivity index (χ2n) is 4.35. The van der Waals surface area contributed by atoms with Crippen LogP contribution in [0.2, 0.25) is 0 Å². The molecule has 0 aliphatic rings. The van der Waals surface area contributed by atoms with Crippen molar-refractivity contribution >= 4 is 22.1 Å². The van der Waals surface area contributed by atoms with Gasteiger partial charge in [0, 0.05) is 0 Å². The van der Waals surface area contributed by atoms with Gasteiger partial charge in [-0.1, -0.05) is 42.5 Å². The Labute approximate surface area is 111 Å². The van der Waals surface area contributed by atoms with Gasteiger partial charge in [0.05, 0.1) is 6.04 Å². The number of nitrogens with one attached hydrogen (secondary N) is 1. The van der Waals surface area contributed by atoms with E-state index in [-0.39, 0.29) is 6.04 Å². The van der Waals surface area contributed by atoms with Gasteiger partial charge >= 0.3 is 0 Å². The summed E-state index contributed by atoms with van der Waals surface area (Å²) >= 11 is 1.74. The minimum absolute atomic E-state index is 0.266. The molecule has 3 rings (SSSR count). The zero-order valence-electron chi connectivity index (χ0n) is 10.3. The number of hydrogen-bond acceptors (Lipinski definition) is 2. The van der Waals surface area contributed by atoms with Gasteiger partial charge in [0.15, 0.2) is 0 Å². The lowest BCUT2D eigenvalue weighted by molar-refractivity contribution is 0.699. The molecule has 90 valence electrons. The van der Waals surface area contributed by atoms with Crippen LogP contribution in [-0.4, -0.2) is 7.05 Å². The Morgan fingerprint density at radius 2 is 1.83 bits per heavy atom. The molecule has 0 amide bonds. The highest BCUT2D eigenvalue weighted by Crippen LogP contribution is 2.29. The summed E-state index contributed by atoms with van der Waals surface area (Å²) in [6, 6.07) is 17.5. The molecule has 2 heteroatoms. The lowest BCUT2D eigenvalue weighted by atomic mass is 9.95. The molecule has 1 heterocycles. The second-order valence-corrected chi connectivity index (χ2v) is 5.13. The van der Waals surface area contributed by atoms with Crippen LogP contribution in [0.3, 0.4) is 0 Å². The van der Waals surface area contributed by atoms with Crippen molar-refractivity contribution in [3.63, 3.8) is 0 Å². The van der Waals surface area contributed by atoms with Crippen molar-refractivity contribution < 1.29 is 0 Å². The van der Waals surface area contributed by atoms with Crippen LogP contribution in [0.5, 0.6) is 0 Å². The molecule has 0 aliphatic carbocycles. The maximum absolute atomic E-state index is 3.42. The molecule has 1 aromatic heterocycles. The Hall–Kier alpha value is -1.64. The predicted octanol–water partition coefficient (Wildman–Crippen LogP) is 4.21. The summed E-state index contributed by atoms with van der Waals surface area (Å²) in [7, 11) is 2.02. The Kier molecular flexibility index (Phi) is 3.13. The van der Waals surface area contributed by atoms with E-state index in [0.717, 1.165) is 0 Å². The van der Waals surface area contributed by atoms with Crippen molar-refractivity contribution in [2.75, 3.05) is 7.05 Å². The maximum atomic E-state index is 3.42. The van der Waals surface area contributed by atoms with Crippen LogP contribution in [0.15, 0.2) is 59.3 Å². The smallest absolute Gasteiger partial charge is 0.0588 e. The molecular weight excluding hydrogens is 238 g/mol. The third-order valence-corrected chi connectivity index (χ3v) is 4.00.